The van der Waals surface area contributed by atoms with Crippen LogP contribution in [0.25, 0.3) is 11.1 Å². The second-order valence-corrected chi connectivity index (χ2v) is 6.63. The Morgan fingerprint density at radius 3 is 2.69 bits per heavy atom. The molecule has 4 heteroatoms. The van der Waals surface area contributed by atoms with Gasteiger partial charge in [0.05, 0.1) is 11.7 Å². The molecule has 3 heterocycles. The monoisotopic (exact) mass is 346 g/mol. The first-order chi connectivity index (χ1) is 12.6. The van der Waals surface area contributed by atoms with Gasteiger partial charge in [0.25, 0.3) is 0 Å². The van der Waals surface area contributed by atoms with Crippen LogP contribution in [0.1, 0.15) is 53.8 Å². The molecular formula is C22H26N4. The fourth-order valence-corrected chi connectivity index (χ4v) is 3.15. The summed E-state index contributed by atoms with van der Waals surface area (Å²) < 4.78 is 1.93. The molecule has 0 unspecified atom stereocenters. The normalized spacial score (nSPS) is 13.2. The van der Waals surface area contributed by atoms with E-state index in [0.29, 0.717) is 5.92 Å². The highest BCUT2D eigenvalue weighted by molar-refractivity contribution is 5.81. The van der Waals surface area contributed by atoms with Crippen molar-refractivity contribution in [1.82, 2.24) is 14.6 Å². The van der Waals surface area contributed by atoms with E-state index < -0.39 is 0 Å². The summed E-state index contributed by atoms with van der Waals surface area (Å²) in [5.74, 6) is 0.686. The Kier molecular flexibility index (Phi) is 5.21. The van der Waals surface area contributed by atoms with Crippen molar-refractivity contribution in [1.29, 1.82) is 0 Å². The van der Waals surface area contributed by atoms with Gasteiger partial charge in [-0.15, -0.1) is 0 Å². The van der Waals surface area contributed by atoms with E-state index in [4.69, 9.17) is 4.98 Å². The number of rotatable bonds is 4. The molecule has 1 aliphatic carbocycles. The average molecular weight is 346 g/mol. The number of nitrogens with two attached hydrogens (primary N) is 1. The molecule has 0 saturated heterocycles. The molecule has 3 aromatic rings. The highest BCUT2D eigenvalue weighted by Crippen LogP contribution is 2.39. The van der Waals surface area contributed by atoms with E-state index in [-0.39, 0.29) is 0 Å². The van der Waals surface area contributed by atoms with Gasteiger partial charge in [0.2, 0.25) is 0 Å². The molecule has 1 saturated carbocycles. The molecule has 4 rings (SSSR count). The molecule has 4 nitrogen and oxygen atoms in total. The van der Waals surface area contributed by atoms with Crippen LogP contribution in [-0.2, 0) is 6.42 Å². The first-order valence-electron chi connectivity index (χ1n) is 9.05. The lowest BCUT2D eigenvalue weighted by molar-refractivity contribution is 0.959. The number of hydrogen-bond acceptors (Lipinski definition) is 3. The Morgan fingerprint density at radius 1 is 1.35 bits per heavy atom. The molecule has 0 radical (unpaired) electrons. The lowest BCUT2D eigenvalue weighted by Gasteiger charge is -2.11. The largest absolute Gasteiger partial charge is 0.405 e. The molecule has 1 fully saturated rings. The lowest BCUT2D eigenvalue weighted by atomic mass is 9.98. The van der Waals surface area contributed by atoms with Crippen molar-refractivity contribution < 1.29 is 0 Å². The number of aryl methyl sites for hydroxylation is 2. The number of nitrogens with zero attached hydrogens (tertiary/aromatic N) is 3. The van der Waals surface area contributed by atoms with Gasteiger partial charge in [-0.2, -0.15) is 5.10 Å². The van der Waals surface area contributed by atoms with Crippen molar-refractivity contribution in [3.8, 4) is 0 Å². The van der Waals surface area contributed by atoms with Crippen molar-refractivity contribution in [2.24, 2.45) is 5.73 Å². The first-order valence-corrected chi connectivity index (χ1v) is 9.05. The molecule has 0 atom stereocenters. The lowest BCUT2D eigenvalue weighted by Crippen LogP contribution is -1.98. The van der Waals surface area contributed by atoms with E-state index in [1.807, 2.05) is 16.9 Å². The number of hydrogen-bond donors (Lipinski definition) is 1. The predicted molar refractivity (Wildman–Crippen MR) is 108 cm³/mol. The van der Waals surface area contributed by atoms with E-state index in [1.165, 1.54) is 30.3 Å². The minimum atomic E-state index is 0.686. The highest BCUT2D eigenvalue weighted by Gasteiger charge is 2.25. The summed E-state index contributed by atoms with van der Waals surface area (Å²) in [4.78, 5) is 4.79. The summed E-state index contributed by atoms with van der Waals surface area (Å²) >= 11 is 0. The summed E-state index contributed by atoms with van der Waals surface area (Å²) in [5.41, 5.74) is 12.6. The molecule has 134 valence electrons. The van der Waals surface area contributed by atoms with Crippen molar-refractivity contribution in [2.45, 2.75) is 39.0 Å². The Morgan fingerprint density at radius 2 is 2.08 bits per heavy atom. The van der Waals surface area contributed by atoms with Gasteiger partial charge in [-0.25, -0.2) is 4.52 Å². The van der Waals surface area contributed by atoms with E-state index in [2.05, 4.69) is 62.1 Å². The second-order valence-electron chi connectivity index (χ2n) is 6.63. The van der Waals surface area contributed by atoms with Crippen molar-refractivity contribution in [2.75, 3.05) is 0 Å². The highest BCUT2D eigenvalue weighted by atomic mass is 15.2. The van der Waals surface area contributed by atoms with Crippen LogP contribution in [0.4, 0.5) is 0 Å². The summed E-state index contributed by atoms with van der Waals surface area (Å²) in [6.45, 7) is 11.7. The Balaban J connectivity index is 0.000000613. The third-order valence-corrected chi connectivity index (χ3v) is 4.76. The van der Waals surface area contributed by atoms with E-state index in [0.717, 1.165) is 34.3 Å². The zero-order valence-electron chi connectivity index (χ0n) is 15.6. The van der Waals surface area contributed by atoms with Gasteiger partial charge < -0.3 is 5.73 Å². The number of fused-ring (bicyclic) bond motifs is 1. The Bertz CT molecular complexity index is 948. The van der Waals surface area contributed by atoms with Crippen LogP contribution in [0, 0.1) is 6.92 Å². The van der Waals surface area contributed by atoms with Gasteiger partial charge in [-0.3, -0.25) is 4.98 Å². The molecule has 0 amide bonds. The van der Waals surface area contributed by atoms with Crippen LogP contribution in [0.15, 0.2) is 56.0 Å². The molecule has 0 aliphatic heterocycles. The first kappa shape index (κ1) is 17.9. The number of aromatic nitrogens is 3. The van der Waals surface area contributed by atoms with Gasteiger partial charge in [0, 0.05) is 29.1 Å². The van der Waals surface area contributed by atoms with Crippen LogP contribution in [-0.4, -0.2) is 14.6 Å². The Hall–Kier alpha value is -2.88. The summed E-state index contributed by atoms with van der Waals surface area (Å²) in [6, 6.07) is 8.61. The molecular weight excluding hydrogens is 320 g/mol. The minimum absolute atomic E-state index is 0.686. The third-order valence-electron chi connectivity index (χ3n) is 4.76. The number of pyridine rings is 2. The molecule has 3 aromatic heterocycles. The quantitative estimate of drug-likeness (QED) is 0.749. The van der Waals surface area contributed by atoms with Gasteiger partial charge in [0.15, 0.2) is 0 Å². The molecule has 26 heavy (non-hydrogen) atoms. The van der Waals surface area contributed by atoms with Crippen LogP contribution >= 0.6 is 0 Å². The van der Waals surface area contributed by atoms with E-state index in [1.54, 1.807) is 0 Å². The van der Waals surface area contributed by atoms with E-state index in [9.17, 15) is 0 Å². The fraction of sp³-hybridized carbons (Fsp3) is 0.273. The van der Waals surface area contributed by atoms with E-state index >= 15 is 0 Å². The molecule has 0 spiro atoms. The SMILES string of the molecule is C=C(c1ccn2ncc(CC)c2c1)c1ccc(C2CC2)nc1C.C=CN. The summed E-state index contributed by atoms with van der Waals surface area (Å²) in [5, 5.41) is 4.39. The van der Waals surface area contributed by atoms with Gasteiger partial charge in [0.1, 0.15) is 0 Å². The fourth-order valence-electron chi connectivity index (χ4n) is 3.15. The van der Waals surface area contributed by atoms with Crippen LogP contribution in [0.3, 0.4) is 0 Å². The Labute approximate surface area is 155 Å². The van der Waals surface area contributed by atoms with Crippen molar-refractivity contribution >= 4 is 11.1 Å². The molecule has 0 aromatic carbocycles. The second kappa shape index (κ2) is 7.56. The predicted octanol–water partition coefficient (Wildman–Crippen LogP) is 4.63. The maximum atomic E-state index is 4.79. The van der Waals surface area contributed by atoms with Gasteiger partial charge in [-0.05, 0) is 67.3 Å². The molecule has 2 N–H and O–H groups in total. The summed E-state index contributed by atoms with van der Waals surface area (Å²) in [6.07, 6.45) is 8.75. The zero-order valence-corrected chi connectivity index (χ0v) is 15.6. The molecule has 0 bridgehead atoms. The summed E-state index contributed by atoms with van der Waals surface area (Å²) in [7, 11) is 0. The maximum Gasteiger partial charge on any atom is 0.0699 e. The van der Waals surface area contributed by atoms with Crippen LogP contribution < -0.4 is 5.73 Å². The van der Waals surface area contributed by atoms with Crippen molar-refractivity contribution in [3.05, 3.63) is 84.1 Å². The van der Waals surface area contributed by atoms with Gasteiger partial charge >= 0.3 is 0 Å². The van der Waals surface area contributed by atoms with Gasteiger partial charge in [-0.1, -0.05) is 26.1 Å². The average Bonchev–Trinajstić information content (AvgIpc) is 3.41. The van der Waals surface area contributed by atoms with Crippen LogP contribution in [0.2, 0.25) is 0 Å². The zero-order chi connectivity index (χ0) is 18.7. The maximum absolute atomic E-state index is 4.79. The smallest absolute Gasteiger partial charge is 0.0699 e. The third kappa shape index (κ3) is 3.54. The minimum Gasteiger partial charge on any atom is -0.405 e. The topological polar surface area (TPSA) is 56.2 Å². The molecule has 1 aliphatic rings. The standard InChI is InChI=1S/C20H21N3.C2H5N/c1-4-15-12-21-23-10-9-17(11-20(15)23)13(2)18-7-8-19(16-5-6-16)22-14(18)3;1-2-3/h7-12,16H,2,4-6H2,1,3H3;2H,1,3H2. The van der Waals surface area contributed by atoms with Crippen LogP contribution in [0.5, 0.6) is 0 Å². The van der Waals surface area contributed by atoms with Crippen molar-refractivity contribution in [3.63, 3.8) is 0 Å².